The van der Waals surface area contributed by atoms with Gasteiger partial charge in [0.05, 0.1) is 64.0 Å². The van der Waals surface area contributed by atoms with E-state index in [1.165, 1.54) is 96.8 Å². The van der Waals surface area contributed by atoms with Gasteiger partial charge in [0.15, 0.2) is 25.8 Å². The van der Waals surface area contributed by atoms with E-state index in [9.17, 15) is 63.5 Å². The first-order valence-electron chi connectivity index (χ1n) is 36.9. The Bertz CT molecular complexity index is 4470. The van der Waals surface area contributed by atoms with Crippen LogP contribution in [0.1, 0.15) is 130 Å². The molecule has 27 nitrogen and oxygen atoms in total. The molecule has 0 spiro atoms. The number of alkyl halides is 1. The highest BCUT2D eigenvalue weighted by Gasteiger charge is 2.44. The fourth-order valence-electron chi connectivity index (χ4n) is 11.6. The summed E-state index contributed by atoms with van der Waals surface area (Å²) < 4.78 is 158. The van der Waals surface area contributed by atoms with E-state index in [4.69, 9.17) is 33.2 Å². The number of hydrogen-bond donors (Lipinski definition) is 3. The van der Waals surface area contributed by atoms with Crippen molar-refractivity contribution in [3.63, 3.8) is 0 Å². The minimum Gasteiger partial charge on any atom is -0.468 e. The van der Waals surface area contributed by atoms with Gasteiger partial charge in [-0.25, -0.2) is 78.5 Å². The van der Waals surface area contributed by atoms with E-state index in [-0.39, 0.29) is 81.7 Å². The average molecular weight is 1700 g/mol. The van der Waals surface area contributed by atoms with Crippen LogP contribution in [0.5, 0.6) is 17.6 Å². The van der Waals surface area contributed by atoms with Crippen LogP contribution in [0, 0.1) is 52.4 Å². The van der Waals surface area contributed by atoms with Gasteiger partial charge < -0.3 is 53.2 Å². The van der Waals surface area contributed by atoms with E-state index < -0.39 is 139 Å². The van der Waals surface area contributed by atoms with Crippen LogP contribution in [0.4, 0.5) is 80.9 Å². The van der Waals surface area contributed by atoms with Crippen LogP contribution in [0.2, 0.25) is 18.1 Å². The van der Waals surface area contributed by atoms with Gasteiger partial charge in [-0.3, -0.25) is 10.2 Å². The molecule has 0 saturated carbocycles. The second-order valence-corrected chi connectivity index (χ2v) is 36.3. The molecule has 6 aromatic rings. The van der Waals surface area contributed by atoms with Crippen molar-refractivity contribution in [3.8, 4) is 17.6 Å². The van der Waals surface area contributed by atoms with Crippen LogP contribution < -0.4 is 29.7 Å². The van der Waals surface area contributed by atoms with Gasteiger partial charge in [0.25, 0.3) is 17.6 Å². The number of nitrogens with one attached hydrogen (secondary N) is 2. The highest BCUT2D eigenvalue weighted by molar-refractivity contribution is 9.09. The molecule has 3 aromatic carbocycles. The number of halogens is 10. The summed E-state index contributed by atoms with van der Waals surface area (Å²) >= 11 is 3.37. The maximum Gasteiger partial charge on any atom is 0.416 e. The molecule has 3 N–H and O–H groups in total. The first-order chi connectivity index (χ1) is 54.2. The molecule has 3 aromatic heterocycles. The van der Waals surface area contributed by atoms with Crippen LogP contribution in [-0.4, -0.2) is 207 Å². The van der Waals surface area contributed by atoms with E-state index in [0.29, 0.717) is 59.8 Å². The van der Waals surface area contributed by atoms with Crippen molar-refractivity contribution < 1.29 is 96.7 Å². The number of ether oxygens (including phenoxy) is 5. The van der Waals surface area contributed by atoms with Gasteiger partial charge >= 0.3 is 30.3 Å². The summed E-state index contributed by atoms with van der Waals surface area (Å²) in [5.74, 6) is -6.74. The number of aliphatic hydroxyl groups excluding tert-OH is 1. The Labute approximate surface area is 669 Å². The molecule has 8 amide bonds. The summed E-state index contributed by atoms with van der Waals surface area (Å²) in [7, 11) is -1.46. The van der Waals surface area contributed by atoms with Gasteiger partial charge in [0.1, 0.15) is 81.9 Å². The monoisotopic (exact) mass is 1700 g/mol. The van der Waals surface area contributed by atoms with Gasteiger partial charge in [0, 0.05) is 81.1 Å². The standard InChI is InChI=1S/C26H30F3N5O4.C23H24F3N5O4.C20H20F3N5O3.C8H19BrOSi/c1-5-10-33(25(36)38-26(2,3)4)22-7-6-20(29)23(31-22)37-19-14-32(15-19)24(35)34-21(8-9-30-34)16-11-17(27)13-18(28)12-16;1-23(2,3)35-21(32)29-19-5-4-17(26)20(28-19)34-16-11-30(12-16)22(33)31-18(6-7-27-31)13-8-14(24)10-15(25)9-13;21-13-7-12(8-14(22)9-13)17-3-4-25-28(17)20(30)27-10-15(11-27)31-19-16(23)1-2-18(26-19)24-5-6-29;1-8(2,3)11(4,5)10-7-6-9/h6-7,9,11-13,19,21H,5,8,10,14-15H2,1-4H3;4-5,7-10,16,18H,6,11-12H2,1-3H3,(H,28,29,32);1-2,4,7-9,15,17,29H,3,5-6,10-11H2,(H,24,26);6-7H2,1-5H3/t21-;18-;17-;/m000./s1. The molecule has 38 heteroatoms. The number of hydrazone groups is 3. The van der Waals surface area contributed by atoms with Crippen LogP contribution in [0.25, 0.3) is 0 Å². The summed E-state index contributed by atoms with van der Waals surface area (Å²) in [5, 5.41) is 31.1. The maximum absolute atomic E-state index is 14.5. The quantitative estimate of drug-likeness (QED) is 0.0386. The molecule has 115 heavy (non-hydrogen) atoms. The minimum absolute atomic E-state index is 0.0412. The Morgan fingerprint density at radius 1 is 0.522 bits per heavy atom. The molecule has 12 rings (SSSR count). The fourth-order valence-corrected chi connectivity index (χ4v) is 13.1. The molecule has 6 aliphatic rings. The molecule has 3 atom stereocenters. The first kappa shape index (κ1) is 88.6. The molecule has 0 radical (unpaired) electrons. The lowest BCUT2D eigenvalue weighted by Gasteiger charge is -2.40. The van der Waals surface area contributed by atoms with Crippen molar-refractivity contribution in [2.24, 2.45) is 15.3 Å². The molecular formula is C77H93BrF9N15O12Si. The van der Waals surface area contributed by atoms with Gasteiger partial charge in [-0.15, -0.1) is 0 Å². The van der Waals surface area contributed by atoms with Crippen molar-refractivity contribution in [2.75, 3.05) is 86.4 Å². The zero-order valence-corrected chi connectivity index (χ0v) is 68.1. The number of likely N-dealkylation sites (tertiary alicyclic amines) is 3. The predicted octanol–water partition coefficient (Wildman–Crippen LogP) is 15.6. The van der Waals surface area contributed by atoms with E-state index in [0.717, 1.165) is 59.4 Å². The van der Waals surface area contributed by atoms with Crippen molar-refractivity contribution in [1.29, 1.82) is 0 Å². The Morgan fingerprint density at radius 2 is 0.878 bits per heavy atom. The maximum atomic E-state index is 14.5. The molecule has 3 fully saturated rings. The number of urea groups is 3. The fraction of sp³-hybridized carbons (Fsp3) is 0.468. The number of rotatable bonds is 19. The van der Waals surface area contributed by atoms with Crippen LogP contribution in [-0.2, 0) is 13.9 Å². The molecule has 0 aliphatic carbocycles. The molecule has 0 bridgehead atoms. The molecule has 9 heterocycles. The lowest BCUT2D eigenvalue weighted by molar-refractivity contribution is 0.0230. The largest absolute Gasteiger partial charge is 0.468 e. The Balaban J connectivity index is 0.000000186. The zero-order valence-electron chi connectivity index (χ0n) is 65.5. The summed E-state index contributed by atoms with van der Waals surface area (Å²) in [6.07, 6.45) is 3.21. The van der Waals surface area contributed by atoms with Gasteiger partial charge in [-0.2, -0.15) is 30.3 Å². The molecule has 3 saturated heterocycles. The van der Waals surface area contributed by atoms with Crippen molar-refractivity contribution in [1.82, 2.24) is 44.7 Å². The third-order valence-corrected chi connectivity index (χ3v) is 23.1. The SMILES string of the molecule is CC(C)(C)OC(=O)Nc1ccc(F)c(OC2CN(C(=O)N3N=CC[C@H]3c3cc(F)cc(F)c3)C2)n1.CC(C)(C)[Si](C)(C)OCCBr.CCCN(C(=O)OC(C)(C)C)c1ccc(F)c(OC2CN(C(=O)N3N=CC[C@H]3c3cc(F)cc(F)c3)C2)n1.O=C(N1CC(Oc2nc(NCCO)ccc2F)C1)N1N=CC[C@H]1c1cc(F)cc(F)c1. The topological polar surface area (TPSA) is 283 Å². The van der Waals surface area contributed by atoms with Crippen LogP contribution in [0.3, 0.4) is 0 Å². The van der Waals surface area contributed by atoms with Crippen molar-refractivity contribution in [3.05, 3.63) is 160 Å². The van der Waals surface area contributed by atoms with Crippen LogP contribution in [0.15, 0.2) is 106 Å². The molecule has 6 aliphatic heterocycles. The summed E-state index contributed by atoms with van der Waals surface area (Å²) in [6, 6.07) is 13.6. The predicted molar refractivity (Wildman–Crippen MR) is 415 cm³/mol. The number of carbonyl (C=O) groups excluding carboxylic acids is 5. The Morgan fingerprint density at radius 3 is 1.23 bits per heavy atom. The number of hydrogen-bond acceptors (Lipinski definition) is 19. The normalized spacial score (nSPS) is 17.4. The number of nitrogens with zero attached hydrogens (tertiary/aromatic N) is 13. The Kier molecular flexibility index (Phi) is 29.6. The van der Waals surface area contributed by atoms with E-state index in [2.05, 4.69) is 90.7 Å². The lowest BCUT2D eigenvalue weighted by atomic mass is 10.0. The number of amides is 8. The third kappa shape index (κ3) is 24.4. The number of aliphatic hydroxyl groups is 1. The number of anilines is 3. The highest BCUT2D eigenvalue weighted by atomic mass is 79.9. The highest BCUT2D eigenvalue weighted by Crippen LogP contribution is 2.39. The van der Waals surface area contributed by atoms with Crippen LogP contribution >= 0.6 is 15.9 Å². The molecule has 0 unspecified atom stereocenters. The van der Waals surface area contributed by atoms with Gasteiger partial charge in [-0.05, 0) is 156 Å². The van der Waals surface area contributed by atoms with E-state index in [1.807, 2.05) is 6.92 Å². The van der Waals surface area contributed by atoms with Crippen molar-refractivity contribution >= 4 is 90.6 Å². The molecule has 622 valence electrons. The first-order valence-corrected chi connectivity index (χ1v) is 41.0. The van der Waals surface area contributed by atoms with E-state index in [1.54, 1.807) is 41.5 Å². The summed E-state index contributed by atoms with van der Waals surface area (Å²) in [5.41, 5.74) is -0.526. The smallest absolute Gasteiger partial charge is 0.416 e. The number of pyridine rings is 3. The van der Waals surface area contributed by atoms with Gasteiger partial charge in [0.2, 0.25) is 0 Å². The number of benzene rings is 3. The second kappa shape index (κ2) is 38.4. The molecular weight excluding hydrogens is 1610 g/mol. The minimum atomic E-state index is -1.46. The van der Waals surface area contributed by atoms with Gasteiger partial charge in [-0.1, -0.05) is 43.6 Å². The van der Waals surface area contributed by atoms with Crippen molar-refractivity contribution in [2.45, 2.75) is 161 Å². The summed E-state index contributed by atoms with van der Waals surface area (Å²) in [4.78, 5) is 81.0. The average Bonchev–Trinajstić information content (AvgIpc) is 1.71. The Hall–Kier alpha value is -10.3. The second-order valence-electron chi connectivity index (χ2n) is 30.7. The number of aromatic nitrogens is 3. The zero-order chi connectivity index (χ0) is 84.0. The van der Waals surface area contributed by atoms with E-state index >= 15 is 0 Å². The third-order valence-electron chi connectivity index (χ3n) is 18.2. The summed E-state index contributed by atoms with van der Waals surface area (Å²) in [6.45, 7) is 25.8. The number of carbonyl (C=O) groups is 5. The lowest BCUT2D eigenvalue weighted by Crippen LogP contribution is -2.59.